The number of rotatable bonds is 5. The maximum Gasteiger partial charge on any atom is 0.131 e. The summed E-state index contributed by atoms with van der Waals surface area (Å²) in [5.74, 6) is 2.41. The minimum atomic E-state index is 0.362. The first kappa shape index (κ1) is 16.9. The zero-order valence-electron chi connectivity index (χ0n) is 15.5. The van der Waals surface area contributed by atoms with Gasteiger partial charge in [0.25, 0.3) is 0 Å². The number of hydrogen-bond donors (Lipinski definition) is 0. The Morgan fingerprint density at radius 2 is 1.92 bits per heavy atom. The lowest BCUT2D eigenvalue weighted by atomic mass is 10.1. The molecule has 1 aromatic carbocycles. The van der Waals surface area contributed by atoms with Crippen molar-refractivity contribution in [2.45, 2.75) is 45.8 Å². The minimum absolute atomic E-state index is 0.362. The number of imidazole rings is 1. The molecule has 1 aliphatic heterocycles. The topological polar surface area (TPSA) is 46.8 Å². The second-order valence-corrected chi connectivity index (χ2v) is 7.27. The van der Waals surface area contributed by atoms with Gasteiger partial charge in [-0.3, -0.25) is 4.90 Å². The maximum absolute atomic E-state index is 4.80. The van der Waals surface area contributed by atoms with Gasteiger partial charge in [0.15, 0.2) is 0 Å². The van der Waals surface area contributed by atoms with E-state index < -0.39 is 0 Å². The van der Waals surface area contributed by atoms with Crippen LogP contribution in [0.4, 0.5) is 0 Å². The third-order valence-corrected chi connectivity index (χ3v) is 4.92. The number of aromatic nitrogens is 4. The molecule has 0 unspecified atom stereocenters. The van der Waals surface area contributed by atoms with Crippen molar-refractivity contribution in [3.63, 3.8) is 0 Å². The largest absolute Gasteiger partial charge is 0.329 e. The van der Waals surface area contributed by atoms with Crippen molar-refractivity contribution in [3.05, 3.63) is 77.4 Å². The Balaban J connectivity index is 1.48. The van der Waals surface area contributed by atoms with Gasteiger partial charge in [0.2, 0.25) is 0 Å². The van der Waals surface area contributed by atoms with Crippen molar-refractivity contribution in [2.75, 3.05) is 6.54 Å². The molecule has 5 heteroatoms. The second kappa shape index (κ2) is 7.38. The van der Waals surface area contributed by atoms with E-state index in [1.165, 1.54) is 16.8 Å². The summed E-state index contributed by atoms with van der Waals surface area (Å²) < 4.78 is 2.24. The molecule has 0 spiro atoms. The van der Waals surface area contributed by atoms with Crippen molar-refractivity contribution < 1.29 is 0 Å². The Labute approximate surface area is 154 Å². The van der Waals surface area contributed by atoms with Crippen LogP contribution in [0.5, 0.6) is 0 Å². The predicted molar refractivity (Wildman–Crippen MR) is 102 cm³/mol. The molecule has 0 N–H and O–H groups in total. The van der Waals surface area contributed by atoms with E-state index in [2.05, 4.69) is 69.8 Å². The highest BCUT2D eigenvalue weighted by molar-refractivity contribution is 5.21. The molecule has 26 heavy (non-hydrogen) atoms. The Bertz CT molecular complexity index is 869. The van der Waals surface area contributed by atoms with Crippen molar-refractivity contribution in [1.82, 2.24) is 24.4 Å². The minimum Gasteiger partial charge on any atom is -0.329 e. The Kier molecular flexibility index (Phi) is 4.80. The van der Waals surface area contributed by atoms with E-state index in [1.807, 2.05) is 12.4 Å². The lowest BCUT2D eigenvalue weighted by Gasteiger charge is -2.28. The standard InChI is InChI=1S/C21H25N5/c1-16(2)21-23-12-18-8-10-25(14-19(18)24-21)15-20-22-9-11-26(20)13-17-6-4-3-5-7-17/h3-7,9,11-12,16H,8,10,13-15H2,1-2H3. The fourth-order valence-electron chi connectivity index (χ4n) is 3.40. The SMILES string of the molecule is CC(C)c1ncc2c(n1)CN(Cc1nccn1Cc1ccccc1)CC2. The highest BCUT2D eigenvalue weighted by Gasteiger charge is 2.20. The quantitative estimate of drug-likeness (QED) is 0.710. The molecule has 0 bridgehead atoms. The number of nitrogens with zero attached hydrogens (tertiary/aromatic N) is 5. The molecule has 3 aromatic rings. The third kappa shape index (κ3) is 3.68. The van der Waals surface area contributed by atoms with Gasteiger partial charge in [0, 0.05) is 44.1 Å². The monoisotopic (exact) mass is 347 g/mol. The molecule has 0 amide bonds. The Morgan fingerprint density at radius 1 is 1.08 bits per heavy atom. The van der Waals surface area contributed by atoms with Crippen LogP contribution < -0.4 is 0 Å². The van der Waals surface area contributed by atoms with Crippen molar-refractivity contribution in [2.24, 2.45) is 0 Å². The van der Waals surface area contributed by atoms with Crippen molar-refractivity contribution >= 4 is 0 Å². The molecule has 134 valence electrons. The molecule has 3 heterocycles. The lowest BCUT2D eigenvalue weighted by Crippen LogP contribution is -2.32. The van der Waals surface area contributed by atoms with E-state index in [-0.39, 0.29) is 0 Å². The van der Waals surface area contributed by atoms with Crippen LogP contribution in [0.25, 0.3) is 0 Å². The number of hydrogen-bond acceptors (Lipinski definition) is 4. The van der Waals surface area contributed by atoms with E-state index in [1.54, 1.807) is 0 Å². The van der Waals surface area contributed by atoms with Gasteiger partial charge < -0.3 is 4.57 Å². The first-order valence-electron chi connectivity index (χ1n) is 9.30. The summed E-state index contributed by atoms with van der Waals surface area (Å²) in [4.78, 5) is 16.3. The summed E-state index contributed by atoms with van der Waals surface area (Å²) in [6, 6.07) is 10.5. The summed E-state index contributed by atoms with van der Waals surface area (Å²) >= 11 is 0. The molecule has 0 aliphatic carbocycles. The molecule has 4 rings (SSSR count). The molecule has 2 aromatic heterocycles. The molecule has 0 saturated heterocycles. The predicted octanol–water partition coefficient (Wildman–Crippen LogP) is 3.40. The van der Waals surface area contributed by atoms with Crippen molar-refractivity contribution in [3.8, 4) is 0 Å². The maximum atomic E-state index is 4.80. The van der Waals surface area contributed by atoms with Crippen LogP contribution in [0.3, 0.4) is 0 Å². The smallest absolute Gasteiger partial charge is 0.131 e. The summed E-state index contributed by atoms with van der Waals surface area (Å²) in [5.41, 5.74) is 3.76. The molecule has 1 aliphatic rings. The number of benzene rings is 1. The van der Waals surface area contributed by atoms with Gasteiger partial charge in [-0.25, -0.2) is 15.0 Å². The Morgan fingerprint density at radius 3 is 2.73 bits per heavy atom. The molecule has 0 fully saturated rings. The van der Waals surface area contributed by atoms with Gasteiger partial charge in [-0.2, -0.15) is 0 Å². The van der Waals surface area contributed by atoms with Gasteiger partial charge in [-0.1, -0.05) is 44.2 Å². The van der Waals surface area contributed by atoms with E-state index in [0.29, 0.717) is 5.92 Å². The van der Waals surface area contributed by atoms with E-state index >= 15 is 0 Å². The van der Waals surface area contributed by atoms with Gasteiger partial charge in [-0.05, 0) is 17.5 Å². The first-order chi connectivity index (χ1) is 12.7. The average Bonchev–Trinajstić information content (AvgIpc) is 3.08. The highest BCUT2D eigenvalue weighted by Crippen LogP contribution is 2.20. The van der Waals surface area contributed by atoms with Crippen molar-refractivity contribution in [1.29, 1.82) is 0 Å². The van der Waals surface area contributed by atoms with Gasteiger partial charge >= 0.3 is 0 Å². The number of fused-ring (bicyclic) bond motifs is 1. The van der Waals surface area contributed by atoms with Gasteiger partial charge in [0.1, 0.15) is 11.6 Å². The van der Waals surface area contributed by atoms with Crippen LogP contribution in [0.15, 0.2) is 48.9 Å². The zero-order valence-corrected chi connectivity index (χ0v) is 15.5. The molecule has 0 radical (unpaired) electrons. The van der Waals surface area contributed by atoms with E-state index in [9.17, 15) is 0 Å². The van der Waals surface area contributed by atoms with Crippen LogP contribution in [-0.4, -0.2) is 31.0 Å². The first-order valence-corrected chi connectivity index (χ1v) is 9.30. The van der Waals surface area contributed by atoms with Crippen LogP contribution >= 0.6 is 0 Å². The average molecular weight is 347 g/mol. The molecule has 5 nitrogen and oxygen atoms in total. The summed E-state index contributed by atoms with van der Waals surface area (Å²) in [5, 5.41) is 0. The molecular weight excluding hydrogens is 322 g/mol. The second-order valence-electron chi connectivity index (χ2n) is 7.27. The van der Waals surface area contributed by atoms with Gasteiger partial charge in [-0.15, -0.1) is 0 Å². The normalized spacial score (nSPS) is 14.6. The fourth-order valence-corrected chi connectivity index (χ4v) is 3.40. The van der Waals surface area contributed by atoms with Gasteiger partial charge in [0.05, 0.1) is 12.2 Å². The molecular formula is C21H25N5. The van der Waals surface area contributed by atoms with Crippen LogP contribution in [0, 0.1) is 0 Å². The zero-order chi connectivity index (χ0) is 17.9. The fraction of sp³-hybridized carbons (Fsp3) is 0.381. The van der Waals surface area contributed by atoms with E-state index in [0.717, 1.165) is 44.2 Å². The highest BCUT2D eigenvalue weighted by atomic mass is 15.2. The van der Waals surface area contributed by atoms with Crippen LogP contribution in [0.1, 0.15) is 48.2 Å². The lowest BCUT2D eigenvalue weighted by molar-refractivity contribution is 0.232. The summed E-state index contributed by atoms with van der Waals surface area (Å²) in [6.45, 7) is 7.89. The summed E-state index contributed by atoms with van der Waals surface area (Å²) in [6.07, 6.45) is 6.99. The van der Waals surface area contributed by atoms with Crippen LogP contribution in [-0.2, 0) is 26.1 Å². The molecule has 0 atom stereocenters. The van der Waals surface area contributed by atoms with Crippen LogP contribution in [0.2, 0.25) is 0 Å². The molecule has 0 saturated carbocycles. The Hall–Kier alpha value is -2.53. The van der Waals surface area contributed by atoms with E-state index in [4.69, 9.17) is 4.98 Å². The third-order valence-electron chi connectivity index (χ3n) is 4.92. The summed E-state index contributed by atoms with van der Waals surface area (Å²) in [7, 11) is 0.